The molecule has 0 aromatic heterocycles. The van der Waals surface area contributed by atoms with Gasteiger partial charge in [-0.3, -0.25) is 0 Å². The number of aliphatic hydroxyl groups excluding tert-OH is 1. The fourth-order valence-electron chi connectivity index (χ4n) is 2.15. The lowest BCUT2D eigenvalue weighted by molar-refractivity contribution is 0.0639. The van der Waals surface area contributed by atoms with E-state index in [2.05, 4.69) is 20.8 Å². The van der Waals surface area contributed by atoms with Crippen LogP contribution in [0.3, 0.4) is 0 Å². The molecule has 1 saturated carbocycles. The summed E-state index contributed by atoms with van der Waals surface area (Å²) in [5.74, 6) is 0.839. The van der Waals surface area contributed by atoms with E-state index in [1.165, 1.54) is 19.3 Å². The Labute approximate surface area is 76.2 Å². The maximum Gasteiger partial charge on any atom is 0.0540 e. The molecule has 0 atom stereocenters. The third-order valence-corrected chi connectivity index (χ3v) is 3.71. The zero-order valence-corrected chi connectivity index (χ0v) is 8.64. The first kappa shape index (κ1) is 10.0. The molecule has 0 spiro atoms. The Kier molecular flexibility index (Phi) is 3.16. The van der Waals surface area contributed by atoms with Crippen LogP contribution in [0.15, 0.2) is 0 Å². The van der Waals surface area contributed by atoms with E-state index in [0.717, 1.165) is 18.8 Å². The van der Waals surface area contributed by atoms with Crippen LogP contribution in [0.25, 0.3) is 0 Å². The van der Waals surface area contributed by atoms with Crippen molar-refractivity contribution in [3.63, 3.8) is 0 Å². The molecule has 0 heterocycles. The average molecular weight is 170 g/mol. The minimum atomic E-state index is -0.00564. The standard InChI is InChI=1S/C11H22O/c1-4-11(2,3)9-5-7-10(12)8-6-9/h9-10,12H,4-8H2,1-3H3/t9-,10+. The highest BCUT2D eigenvalue weighted by Crippen LogP contribution is 2.40. The molecule has 1 N–H and O–H groups in total. The molecule has 1 rings (SSSR count). The van der Waals surface area contributed by atoms with E-state index in [0.29, 0.717) is 5.41 Å². The van der Waals surface area contributed by atoms with Gasteiger partial charge in [-0.25, -0.2) is 0 Å². The zero-order chi connectivity index (χ0) is 9.19. The van der Waals surface area contributed by atoms with Crippen molar-refractivity contribution in [1.82, 2.24) is 0 Å². The minimum Gasteiger partial charge on any atom is -0.393 e. The Balaban J connectivity index is 2.44. The highest BCUT2D eigenvalue weighted by atomic mass is 16.3. The van der Waals surface area contributed by atoms with Gasteiger partial charge in [-0.1, -0.05) is 27.2 Å². The summed E-state index contributed by atoms with van der Waals surface area (Å²) in [6.45, 7) is 6.98. The van der Waals surface area contributed by atoms with Crippen LogP contribution in [0.4, 0.5) is 0 Å². The first-order valence-corrected chi connectivity index (χ1v) is 5.24. The van der Waals surface area contributed by atoms with Crippen LogP contribution < -0.4 is 0 Å². The Hall–Kier alpha value is -0.0400. The molecule has 1 fully saturated rings. The van der Waals surface area contributed by atoms with Crippen molar-refractivity contribution in [3.8, 4) is 0 Å². The summed E-state index contributed by atoms with van der Waals surface area (Å²) in [6, 6.07) is 0. The molecule has 0 bridgehead atoms. The normalized spacial score (nSPS) is 32.0. The lowest BCUT2D eigenvalue weighted by Gasteiger charge is -2.37. The fourth-order valence-corrected chi connectivity index (χ4v) is 2.15. The van der Waals surface area contributed by atoms with E-state index in [4.69, 9.17) is 0 Å². The predicted molar refractivity (Wildman–Crippen MR) is 52.0 cm³/mol. The second-order valence-electron chi connectivity index (χ2n) is 4.85. The predicted octanol–water partition coefficient (Wildman–Crippen LogP) is 2.97. The summed E-state index contributed by atoms with van der Waals surface area (Å²) in [5, 5.41) is 9.37. The third-order valence-electron chi connectivity index (χ3n) is 3.71. The smallest absolute Gasteiger partial charge is 0.0540 e. The Bertz CT molecular complexity index is 132. The topological polar surface area (TPSA) is 20.2 Å². The summed E-state index contributed by atoms with van der Waals surface area (Å²) in [7, 11) is 0. The molecule has 0 radical (unpaired) electrons. The van der Waals surface area contributed by atoms with Gasteiger partial charge < -0.3 is 5.11 Å². The van der Waals surface area contributed by atoms with Gasteiger partial charge in [-0.15, -0.1) is 0 Å². The summed E-state index contributed by atoms with van der Waals surface area (Å²) in [6.07, 6.45) is 5.74. The lowest BCUT2D eigenvalue weighted by Crippen LogP contribution is -2.29. The van der Waals surface area contributed by atoms with Crippen LogP contribution in [0.1, 0.15) is 52.9 Å². The van der Waals surface area contributed by atoms with Gasteiger partial charge in [-0.2, -0.15) is 0 Å². The maximum atomic E-state index is 9.37. The van der Waals surface area contributed by atoms with E-state index >= 15 is 0 Å². The van der Waals surface area contributed by atoms with Crippen molar-refractivity contribution in [2.24, 2.45) is 11.3 Å². The van der Waals surface area contributed by atoms with Crippen LogP contribution in [0.2, 0.25) is 0 Å². The molecule has 0 amide bonds. The highest BCUT2D eigenvalue weighted by Gasteiger charge is 2.30. The monoisotopic (exact) mass is 170 g/mol. The molecule has 1 nitrogen and oxygen atoms in total. The average Bonchev–Trinajstić information content (AvgIpc) is 2.05. The summed E-state index contributed by atoms with van der Waals surface area (Å²) in [4.78, 5) is 0. The van der Waals surface area contributed by atoms with Gasteiger partial charge in [0.25, 0.3) is 0 Å². The van der Waals surface area contributed by atoms with Gasteiger partial charge in [0.05, 0.1) is 6.10 Å². The third kappa shape index (κ3) is 2.22. The van der Waals surface area contributed by atoms with Crippen molar-refractivity contribution in [1.29, 1.82) is 0 Å². The second-order valence-corrected chi connectivity index (χ2v) is 4.85. The summed E-state index contributed by atoms with van der Waals surface area (Å²) < 4.78 is 0. The van der Waals surface area contributed by atoms with Crippen LogP contribution in [0, 0.1) is 11.3 Å². The van der Waals surface area contributed by atoms with E-state index in [-0.39, 0.29) is 6.10 Å². The largest absolute Gasteiger partial charge is 0.393 e. The van der Waals surface area contributed by atoms with Crippen molar-refractivity contribution in [2.45, 2.75) is 59.0 Å². The number of hydrogen-bond acceptors (Lipinski definition) is 1. The molecular formula is C11H22O. The number of aliphatic hydroxyl groups is 1. The first-order valence-electron chi connectivity index (χ1n) is 5.24. The summed E-state index contributed by atoms with van der Waals surface area (Å²) in [5.41, 5.74) is 0.486. The molecule has 1 aliphatic rings. The Morgan fingerprint density at radius 1 is 1.17 bits per heavy atom. The molecule has 0 aromatic rings. The molecule has 0 aliphatic heterocycles. The van der Waals surface area contributed by atoms with E-state index in [1.807, 2.05) is 0 Å². The van der Waals surface area contributed by atoms with Gasteiger partial charge in [-0.05, 0) is 37.0 Å². The molecule has 1 aliphatic carbocycles. The fraction of sp³-hybridized carbons (Fsp3) is 1.00. The molecule has 0 unspecified atom stereocenters. The molecule has 0 saturated heterocycles. The van der Waals surface area contributed by atoms with Crippen molar-refractivity contribution < 1.29 is 5.11 Å². The Morgan fingerprint density at radius 3 is 2.08 bits per heavy atom. The first-order chi connectivity index (χ1) is 5.56. The van der Waals surface area contributed by atoms with Gasteiger partial charge in [0.2, 0.25) is 0 Å². The van der Waals surface area contributed by atoms with Crippen molar-refractivity contribution in [3.05, 3.63) is 0 Å². The number of hydrogen-bond donors (Lipinski definition) is 1. The lowest BCUT2D eigenvalue weighted by atomic mass is 9.69. The minimum absolute atomic E-state index is 0.00564. The highest BCUT2D eigenvalue weighted by molar-refractivity contribution is 4.82. The van der Waals surface area contributed by atoms with Gasteiger partial charge in [0.15, 0.2) is 0 Å². The molecular weight excluding hydrogens is 148 g/mol. The van der Waals surface area contributed by atoms with Crippen molar-refractivity contribution in [2.75, 3.05) is 0 Å². The second kappa shape index (κ2) is 3.78. The zero-order valence-electron chi connectivity index (χ0n) is 8.64. The van der Waals surface area contributed by atoms with Crippen molar-refractivity contribution >= 4 is 0 Å². The maximum absolute atomic E-state index is 9.37. The molecule has 0 aromatic carbocycles. The van der Waals surface area contributed by atoms with Crippen LogP contribution in [-0.4, -0.2) is 11.2 Å². The quantitative estimate of drug-likeness (QED) is 0.675. The van der Waals surface area contributed by atoms with E-state index in [1.54, 1.807) is 0 Å². The van der Waals surface area contributed by atoms with Gasteiger partial charge >= 0.3 is 0 Å². The SMILES string of the molecule is CCC(C)(C)[C@H]1CC[C@@H](O)CC1. The number of rotatable bonds is 2. The van der Waals surface area contributed by atoms with Crippen LogP contribution >= 0.6 is 0 Å². The van der Waals surface area contributed by atoms with Crippen LogP contribution in [0.5, 0.6) is 0 Å². The van der Waals surface area contributed by atoms with Crippen LogP contribution in [-0.2, 0) is 0 Å². The Morgan fingerprint density at radius 2 is 1.67 bits per heavy atom. The molecule has 12 heavy (non-hydrogen) atoms. The molecule has 72 valence electrons. The van der Waals surface area contributed by atoms with E-state index < -0.39 is 0 Å². The van der Waals surface area contributed by atoms with E-state index in [9.17, 15) is 5.11 Å². The molecule has 1 heteroatoms. The van der Waals surface area contributed by atoms with Gasteiger partial charge in [0.1, 0.15) is 0 Å². The summed E-state index contributed by atoms with van der Waals surface area (Å²) >= 11 is 0. The van der Waals surface area contributed by atoms with Gasteiger partial charge in [0, 0.05) is 0 Å².